The predicted octanol–water partition coefficient (Wildman–Crippen LogP) is 5.21. The SMILES string of the molecule is CC(=O)Nc1cccc(N2C(=O)C(=O)/C(=C(\O)c3ccc(OCC(C)C)c(C)c3)C2c2ccco2)c1. The van der Waals surface area contributed by atoms with E-state index >= 15 is 0 Å². The summed E-state index contributed by atoms with van der Waals surface area (Å²) in [5.41, 5.74) is 1.91. The van der Waals surface area contributed by atoms with Gasteiger partial charge in [0.05, 0.1) is 18.4 Å². The third-order valence-electron chi connectivity index (χ3n) is 5.72. The van der Waals surface area contributed by atoms with Crippen molar-refractivity contribution >= 4 is 34.7 Å². The van der Waals surface area contributed by atoms with Crippen molar-refractivity contribution in [3.63, 3.8) is 0 Å². The molecule has 186 valence electrons. The van der Waals surface area contributed by atoms with Crippen LogP contribution in [0.5, 0.6) is 5.75 Å². The molecule has 1 atom stereocenters. The van der Waals surface area contributed by atoms with Gasteiger partial charge in [-0.05, 0) is 66.9 Å². The van der Waals surface area contributed by atoms with Gasteiger partial charge in [0.1, 0.15) is 23.3 Å². The van der Waals surface area contributed by atoms with Crippen molar-refractivity contribution in [2.24, 2.45) is 5.92 Å². The summed E-state index contributed by atoms with van der Waals surface area (Å²) in [6.07, 6.45) is 1.44. The van der Waals surface area contributed by atoms with Crippen LogP contribution >= 0.6 is 0 Å². The Bertz CT molecular complexity index is 1340. The number of furan rings is 1. The van der Waals surface area contributed by atoms with E-state index in [4.69, 9.17) is 9.15 Å². The van der Waals surface area contributed by atoms with Crippen molar-refractivity contribution in [3.05, 3.63) is 83.3 Å². The molecule has 0 aliphatic carbocycles. The lowest BCUT2D eigenvalue weighted by Crippen LogP contribution is -2.29. The van der Waals surface area contributed by atoms with Gasteiger partial charge in [0.15, 0.2) is 0 Å². The standard InChI is InChI=1S/C28H28N2O6/c1-16(2)15-36-22-11-10-19(13-17(22)3)26(32)24-25(23-9-6-12-35-23)30(28(34)27(24)33)21-8-5-7-20(14-21)29-18(4)31/h5-14,16,25,32H,15H2,1-4H3,(H,29,31)/b26-24-. The Hall–Kier alpha value is -4.33. The van der Waals surface area contributed by atoms with Crippen molar-refractivity contribution < 1.29 is 28.6 Å². The molecule has 0 radical (unpaired) electrons. The first-order valence-corrected chi connectivity index (χ1v) is 11.6. The first-order valence-electron chi connectivity index (χ1n) is 11.6. The van der Waals surface area contributed by atoms with E-state index < -0.39 is 17.7 Å². The molecule has 2 aromatic carbocycles. The molecule has 2 amide bonds. The minimum absolute atomic E-state index is 0.0878. The minimum Gasteiger partial charge on any atom is -0.507 e. The number of aryl methyl sites for hydroxylation is 1. The molecule has 2 N–H and O–H groups in total. The van der Waals surface area contributed by atoms with Crippen molar-refractivity contribution in [2.45, 2.75) is 33.7 Å². The Morgan fingerprint density at radius 1 is 1.14 bits per heavy atom. The van der Waals surface area contributed by atoms with E-state index in [9.17, 15) is 19.5 Å². The average molecular weight is 489 g/mol. The zero-order valence-electron chi connectivity index (χ0n) is 20.6. The fourth-order valence-electron chi connectivity index (χ4n) is 4.12. The van der Waals surface area contributed by atoms with Gasteiger partial charge < -0.3 is 19.6 Å². The first-order chi connectivity index (χ1) is 17.2. The molecule has 36 heavy (non-hydrogen) atoms. The summed E-state index contributed by atoms with van der Waals surface area (Å²) in [7, 11) is 0. The number of nitrogens with one attached hydrogen (secondary N) is 1. The highest BCUT2D eigenvalue weighted by molar-refractivity contribution is 6.51. The molecular formula is C28H28N2O6. The Morgan fingerprint density at radius 2 is 1.92 bits per heavy atom. The van der Waals surface area contributed by atoms with Gasteiger partial charge in [0.25, 0.3) is 11.7 Å². The number of amides is 2. The third-order valence-corrected chi connectivity index (χ3v) is 5.72. The van der Waals surface area contributed by atoms with E-state index in [1.54, 1.807) is 54.6 Å². The van der Waals surface area contributed by atoms with Crippen molar-refractivity contribution in [3.8, 4) is 5.75 Å². The monoisotopic (exact) mass is 488 g/mol. The summed E-state index contributed by atoms with van der Waals surface area (Å²) >= 11 is 0. The second kappa shape index (κ2) is 10.1. The smallest absolute Gasteiger partial charge is 0.300 e. The number of benzene rings is 2. The molecule has 1 fully saturated rings. The second-order valence-electron chi connectivity index (χ2n) is 9.10. The second-order valence-corrected chi connectivity index (χ2v) is 9.10. The lowest BCUT2D eigenvalue weighted by Gasteiger charge is -2.24. The maximum atomic E-state index is 13.3. The highest BCUT2D eigenvalue weighted by Crippen LogP contribution is 2.43. The van der Waals surface area contributed by atoms with E-state index in [1.165, 1.54) is 18.1 Å². The van der Waals surface area contributed by atoms with Gasteiger partial charge in [-0.3, -0.25) is 19.3 Å². The van der Waals surface area contributed by atoms with Gasteiger partial charge in [0, 0.05) is 23.9 Å². The number of ether oxygens (including phenoxy) is 1. The Labute approximate surface area is 209 Å². The van der Waals surface area contributed by atoms with E-state index in [-0.39, 0.29) is 17.2 Å². The van der Waals surface area contributed by atoms with Gasteiger partial charge >= 0.3 is 0 Å². The van der Waals surface area contributed by atoms with Gasteiger partial charge in [-0.2, -0.15) is 0 Å². The number of hydrogen-bond donors (Lipinski definition) is 2. The summed E-state index contributed by atoms with van der Waals surface area (Å²) in [6.45, 7) is 7.88. The van der Waals surface area contributed by atoms with Crippen LogP contribution in [-0.4, -0.2) is 29.3 Å². The summed E-state index contributed by atoms with van der Waals surface area (Å²) in [5.74, 6) is -0.886. The molecule has 1 aliphatic heterocycles. The molecule has 1 aliphatic rings. The quantitative estimate of drug-likeness (QED) is 0.269. The van der Waals surface area contributed by atoms with Crippen LogP contribution in [0.1, 0.15) is 43.7 Å². The molecule has 0 saturated carbocycles. The van der Waals surface area contributed by atoms with E-state index in [2.05, 4.69) is 19.2 Å². The van der Waals surface area contributed by atoms with Gasteiger partial charge in [0.2, 0.25) is 5.91 Å². The Kier molecular flexibility index (Phi) is 6.96. The summed E-state index contributed by atoms with van der Waals surface area (Å²) < 4.78 is 11.4. The molecule has 8 nitrogen and oxygen atoms in total. The topological polar surface area (TPSA) is 109 Å². The molecule has 2 heterocycles. The molecule has 0 bridgehead atoms. The molecule has 1 aromatic heterocycles. The minimum atomic E-state index is -0.996. The van der Waals surface area contributed by atoms with Crippen LogP contribution in [0.3, 0.4) is 0 Å². The van der Waals surface area contributed by atoms with Crippen LogP contribution in [0.15, 0.2) is 70.9 Å². The summed E-state index contributed by atoms with van der Waals surface area (Å²) in [5, 5.41) is 14.0. The highest BCUT2D eigenvalue weighted by atomic mass is 16.5. The Morgan fingerprint density at radius 3 is 2.56 bits per heavy atom. The number of carbonyl (C=O) groups excluding carboxylic acids is 3. The van der Waals surface area contributed by atoms with Crippen molar-refractivity contribution in [1.29, 1.82) is 0 Å². The number of hydrogen-bond acceptors (Lipinski definition) is 6. The summed E-state index contributed by atoms with van der Waals surface area (Å²) in [6, 6.07) is 14.0. The number of rotatable bonds is 7. The Balaban J connectivity index is 1.80. The molecule has 1 saturated heterocycles. The van der Waals surface area contributed by atoms with Crippen molar-refractivity contribution in [1.82, 2.24) is 0 Å². The lowest BCUT2D eigenvalue weighted by atomic mass is 9.98. The number of carbonyl (C=O) groups is 3. The van der Waals surface area contributed by atoms with Crippen LogP contribution in [0.4, 0.5) is 11.4 Å². The molecule has 1 unspecified atom stereocenters. The van der Waals surface area contributed by atoms with Crippen LogP contribution < -0.4 is 15.0 Å². The van der Waals surface area contributed by atoms with Crippen LogP contribution in [0, 0.1) is 12.8 Å². The third kappa shape index (κ3) is 4.88. The first kappa shape index (κ1) is 24.8. The number of anilines is 2. The predicted molar refractivity (Wildman–Crippen MR) is 136 cm³/mol. The van der Waals surface area contributed by atoms with E-state index in [1.807, 2.05) is 6.92 Å². The number of nitrogens with zero attached hydrogens (tertiary/aromatic N) is 1. The molecule has 4 rings (SSSR count). The maximum Gasteiger partial charge on any atom is 0.300 e. The normalized spacial score (nSPS) is 17.0. The molecule has 3 aromatic rings. The fraction of sp³-hybridized carbons (Fsp3) is 0.250. The lowest BCUT2D eigenvalue weighted by molar-refractivity contribution is -0.132. The molecular weight excluding hydrogens is 460 g/mol. The van der Waals surface area contributed by atoms with Crippen LogP contribution in [0.2, 0.25) is 0 Å². The fourth-order valence-corrected chi connectivity index (χ4v) is 4.12. The number of aliphatic hydroxyl groups is 1. The van der Waals surface area contributed by atoms with Gasteiger partial charge in [-0.15, -0.1) is 0 Å². The van der Waals surface area contributed by atoms with Crippen molar-refractivity contribution in [2.75, 3.05) is 16.8 Å². The molecule has 8 heteroatoms. The van der Waals surface area contributed by atoms with E-state index in [0.717, 1.165) is 5.56 Å². The van der Waals surface area contributed by atoms with E-state index in [0.29, 0.717) is 41.0 Å². The van der Waals surface area contributed by atoms with Gasteiger partial charge in [-0.25, -0.2) is 0 Å². The maximum absolute atomic E-state index is 13.3. The number of aliphatic hydroxyl groups excluding tert-OH is 1. The largest absolute Gasteiger partial charge is 0.507 e. The average Bonchev–Trinajstić information content (AvgIpc) is 3.44. The van der Waals surface area contributed by atoms with Crippen LogP contribution in [-0.2, 0) is 14.4 Å². The molecule has 0 spiro atoms. The highest BCUT2D eigenvalue weighted by Gasteiger charge is 2.48. The number of ketones is 1. The zero-order chi connectivity index (χ0) is 26.0. The zero-order valence-corrected chi connectivity index (χ0v) is 20.6. The summed E-state index contributed by atoms with van der Waals surface area (Å²) in [4.78, 5) is 39.3. The van der Waals surface area contributed by atoms with Gasteiger partial charge in [-0.1, -0.05) is 19.9 Å². The van der Waals surface area contributed by atoms with Crippen LogP contribution in [0.25, 0.3) is 5.76 Å². The number of Topliss-reactive ketones (excluding diaryl/α,β-unsaturated/α-hetero) is 1.